The number of rotatable bonds is 3. The Kier molecular flexibility index (Phi) is 3.69. The first kappa shape index (κ1) is 15.1. The van der Waals surface area contributed by atoms with Crippen LogP contribution in [0.2, 0.25) is 0 Å². The highest BCUT2D eigenvalue weighted by Gasteiger charge is 2.24. The topological polar surface area (TPSA) is 58.0 Å². The molecular weight excluding hydrogens is 307 g/mol. The van der Waals surface area contributed by atoms with Crippen LogP contribution >= 0.6 is 0 Å². The molecule has 1 aliphatic rings. The average Bonchev–Trinajstić information content (AvgIpc) is 3.20. The first-order chi connectivity index (χ1) is 11.6. The second-order valence-electron chi connectivity index (χ2n) is 6.22. The van der Waals surface area contributed by atoms with Crippen LogP contribution in [-0.2, 0) is 0 Å². The van der Waals surface area contributed by atoms with Gasteiger partial charge in [-0.3, -0.25) is 4.90 Å². The highest BCUT2D eigenvalue weighted by Crippen LogP contribution is 2.31. The zero-order valence-electron chi connectivity index (χ0n) is 13.7. The van der Waals surface area contributed by atoms with Crippen LogP contribution in [0.15, 0.2) is 35.0 Å². The number of aromatic amines is 1. The number of benzene rings is 1. The van der Waals surface area contributed by atoms with Gasteiger partial charge in [0.15, 0.2) is 5.82 Å². The number of nitrogens with zero attached hydrogens (tertiary/aromatic N) is 3. The number of fused-ring (bicyclic) bond motifs is 1. The molecule has 0 radical (unpaired) electrons. The molecule has 1 atom stereocenters. The molecule has 24 heavy (non-hydrogen) atoms. The molecule has 124 valence electrons. The van der Waals surface area contributed by atoms with E-state index in [1.807, 2.05) is 19.2 Å². The van der Waals surface area contributed by atoms with E-state index >= 15 is 0 Å². The molecule has 0 bridgehead atoms. The van der Waals surface area contributed by atoms with E-state index in [2.05, 4.69) is 33.0 Å². The molecule has 0 saturated heterocycles. The maximum Gasteiger partial charge on any atom is 0.243 e. The molecule has 5 nitrogen and oxygen atoms in total. The van der Waals surface area contributed by atoms with Crippen LogP contribution in [0.1, 0.15) is 36.7 Å². The second kappa shape index (κ2) is 5.87. The molecule has 6 heteroatoms. The lowest BCUT2D eigenvalue weighted by molar-refractivity contribution is 0.189. The normalized spacial score (nSPS) is 17.2. The monoisotopic (exact) mass is 326 g/mol. The summed E-state index contributed by atoms with van der Waals surface area (Å²) < 4.78 is 18.6. The van der Waals surface area contributed by atoms with Gasteiger partial charge in [-0.15, -0.1) is 0 Å². The van der Waals surface area contributed by atoms with Gasteiger partial charge in [0, 0.05) is 35.8 Å². The van der Waals surface area contributed by atoms with Gasteiger partial charge in [-0.2, -0.15) is 4.98 Å². The maximum absolute atomic E-state index is 13.3. The van der Waals surface area contributed by atoms with Crippen molar-refractivity contribution in [2.24, 2.45) is 0 Å². The maximum atomic E-state index is 13.3. The van der Waals surface area contributed by atoms with Crippen molar-refractivity contribution in [3.8, 4) is 0 Å². The van der Waals surface area contributed by atoms with Gasteiger partial charge in [-0.05, 0) is 44.0 Å². The molecule has 2 aromatic heterocycles. The number of hydrogen-bond acceptors (Lipinski definition) is 4. The highest BCUT2D eigenvalue weighted by atomic mass is 19.1. The van der Waals surface area contributed by atoms with Crippen molar-refractivity contribution in [3.63, 3.8) is 0 Å². The van der Waals surface area contributed by atoms with Crippen LogP contribution in [0.4, 0.5) is 4.39 Å². The van der Waals surface area contributed by atoms with Crippen molar-refractivity contribution in [2.75, 3.05) is 13.1 Å². The van der Waals surface area contributed by atoms with Gasteiger partial charge in [0.2, 0.25) is 5.89 Å². The first-order valence-corrected chi connectivity index (χ1v) is 8.12. The lowest BCUT2D eigenvalue weighted by Gasteiger charge is -2.29. The van der Waals surface area contributed by atoms with Crippen molar-refractivity contribution in [2.45, 2.75) is 26.3 Å². The van der Waals surface area contributed by atoms with Crippen LogP contribution < -0.4 is 0 Å². The largest absolute Gasteiger partial charge is 0.360 e. The third kappa shape index (κ3) is 2.63. The Morgan fingerprint density at radius 2 is 2.25 bits per heavy atom. The Hall–Kier alpha value is -2.47. The SMILES string of the molecule is Cc1noc([C@H](C)N2CC=C(c3c[nH]c4cc(F)ccc34)CC2)n1. The van der Waals surface area contributed by atoms with Crippen LogP contribution in [-0.4, -0.2) is 33.1 Å². The van der Waals surface area contributed by atoms with Crippen molar-refractivity contribution in [1.29, 1.82) is 0 Å². The van der Waals surface area contributed by atoms with Crippen LogP contribution in [0.5, 0.6) is 0 Å². The van der Waals surface area contributed by atoms with Gasteiger partial charge in [0.25, 0.3) is 0 Å². The quantitative estimate of drug-likeness (QED) is 0.794. The molecular formula is C18H19FN4O. The van der Waals surface area contributed by atoms with E-state index in [9.17, 15) is 4.39 Å². The van der Waals surface area contributed by atoms with Gasteiger partial charge in [0.05, 0.1) is 6.04 Å². The predicted molar refractivity (Wildman–Crippen MR) is 89.9 cm³/mol. The summed E-state index contributed by atoms with van der Waals surface area (Å²) >= 11 is 0. The van der Waals surface area contributed by atoms with Crippen LogP contribution in [0.3, 0.4) is 0 Å². The van der Waals surface area contributed by atoms with E-state index in [4.69, 9.17) is 4.52 Å². The third-order valence-corrected chi connectivity index (χ3v) is 4.68. The molecule has 3 heterocycles. The van der Waals surface area contributed by atoms with Crippen molar-refractivity contribution >= 4 is 16.5 Å². The van der Waals surface area contributed by atoms with Gasteiger partial charge >= 0.3 is 0 Å². The Labute approximate surface area is 139 Å². The summed E-state index contributed by atoms with van der Waals surface area (Å²) in [5.74, 6) is 1.10. The van der Waals surface area contributed by atoms with Gasteiger partial charge < -0.3 is 9.51 Å². The summed E-state index contributed by atoms with van der Waals surface area (Å²) in [7, 11) is 0. The minimum atomic E-state index is -0.219. The molecule has 4 rings (SSSR count). The predicted octanol–water partition coefficient (Wildman–Crippen LogP) is 3.85. The molecule has 0 fully saturated rings. The Morgan fingerprint density at radius 1 is 1.38 bits per heavy atom. The molecule has 1 aliphatic heterocycles. The van der Waals surface area contributed by atoms with Crippen LogP contribution in [0, 0.1) is 12.7 Å². The number of halogens is 1. The van der Waals surface area contributed by atoms with Crippen molar-refractivity contribution in [1.82, 2.24) is 20.0 Å². The lowest BCUT2D eigenvalue weighted by atomic mass is 9.98. The summed E-state index contributed by atoms with van der Waals surface area (Å²) in [5, 5.41) is 4.93. The highest BCUT2D eigenvalue weighted by molar-refractivity contribution is 5.92. The minimum Gasteiger partial charge on any atom is -0.360 e. The fourth-order valence-corrected chi connectivity index (χ4v) is 3.28. The van der Waals surface area contributed by atoms with E-state index in [0.717, 1.165) is 36.0 Å². The molecule has 1 N–H and O–H groups in total. The summed E-state index contributed by atoms with van der Waals surface area (Å²) in [6, 6.07) is 4.98. The molecule has 0 saturated carbocycles. The molecule has 0 spiro atoms. The smallest absolute Gasteiger partial charge is 0.243 e. The van der Waals surface area contributed by atoms with Gasteiger partial charge in [-0.25, -0.2) is 4.39 Å². The van der Waals surface area contributed by atoms with Crippen LogP contribution in [0.25, 0.3) is 16.5 Å². The Balaban J connectivity index is 1.55. The fraction of sp³-hybridized carbons (Fsp3) is 0.333. The summed E-state index contributed by atoms with van der Waals surface area (Å²) in [4.78, 5) is 9.79. The van der Waals surface area contributed by atoms with E-state index in [1.165, 1.54) is 17.7 Å². The number of nitrogens with one attached hydrogen (secondary N) is 1. The van der Waals surface area contributed by atoms with E-state index in [0.29, 0.717) is 11.7 Å². The van der Waals surface area contributed by atoms with E-state index in [1.54, 1.807) is 0 Å². The average molecular weight is 326 g/mol. The van der Waals surface area contributed by atoms with E-state index < -0.39 is 0 Å². The number of H-pyrrole nitrogens is 1. The molecule has 3 aromatic rings. The van der Waals surface area contributed by atoms with E-state index in [-0.39, 0.29) is 11.9 Å². The molecule has 0 aliphatic carbocycles. The number of hydrogen-bond donors (Lipinski definition) is 1. The van der Waals surface area contributed by atoms with Crippen molar-refractivity contribution in [3.05, 3.63) is 53.6 Å². The zero-order chi connectivity index (χ0) is 16.7. The zero-order valence-corrected chi connectivity index (χ0v) is 13.7. The van der Waals surface area contributed by atoms with Gasteiger partial charge in [-0.1, -0.05) is 11.2 Å². The van der Waals surface area contributed by atoms with Gasteiger partial charge in [0.1, 0.15) is 5.82 Å². The molecule has 0 unspecified atom stereocenters. The second-order valence-corrected chi connectivity index (χ2v) is 6.22. The number of aromatic nitrogens is 3. The summed E-state index contributed by atoms with van der Waals surface area (Å²) in [6.45, 7) is 5.65. The molecule has 1 aromatic carbocycles. The summed E-state index contributed by atoms with van der Waals surface area (Å²) in [6.07, 6.45) is 5.13. The standard InChI is InChI=1S/C18H19FN4O/c1-11(18-21-12(2)22-24-18)23-7-5-13(6-8-23)16-10-20-17-9-14(19)3-4-15(16)17/h3-5,9-11,20H,6-8H2,1-2H3/t11-/m0/s1. The summed E-state index contributed by atoms with van der Waals surface area (Å²) in [5.41, 5.74) is 3.28. The first-order valence-electron chi connectivity index (χ1n) is 8.12. The fourth-order valence-electron chi connectivity index (χ4n) is 3.28. The molecule has 0 amide bonds. The Bertz CT molecular complexity index is 911. The minimum absolute atomic E-state index is 0.0982. The van der Waals surface area contributed by atoms with Crippen molar-refractivity contribution < 1.29 is 8.91 Å². The number of aryl methyl sites for hydroxylation is 1. The Morgan fingerprint density at radius 3 is 2.96 bits per heavy atom. The third-order valence-electron chi connectivity index (χ3n) is 4.68. The lowest BCUT2D eigenvalue weighted by Crippen LogP contribution is -2.31.